The molecule has 0 aliphatic carbocycles. The lowest BCUT2D eigenvalue weighted by atomic mass is 10.2. The van der Waals surface area contributed by atoms with Gasteiger partial charge in [-0.3, -0.25) is 0 Å². The van der Waals surface area contributed by atoms with Gasteiger partial charge in [-0.05, 0) is 18.6 Å². The highest BCUT2D eigenvalue weighted by atomic mass is 35.5. The minimum atomic E-state index is 0.586. The molecular weight excluding hydrogens is 272 g/mol. The highest BCUT2D eigenvalue weighted by Gasteiger charge is 2.12. The van der Waals surface area contributed by atoms with Crippen LogP contribution in [0.15, 0.2) is 36.8 Å². The normalized spacial score (nSPS) is 11.1. The first-order valence-corrected chi connectivity index (χ1v) is 7.06. The van der Waals surface area contributed by atoms with Crippen LogP contribution in [0.1, 0.15) is 24.9 Å². The zero-order chi connectivity index (χ0) is 13.9. The first-order chi connectivity index (χ1) is 9.79. The summed E-state index contributed by atoms with van der Waals surface area (Å²) in [6.07, 6.45) is 4.83. The van der Waals surface area contributed by atoms with Crippen molar-refractivity contribution in [3.05, 3.63) is 53.3 Å². The second kappa shape index (κ2) is 5.59. The van der Waals surface area contributed by atoms with Crippen LogP contribution in [0.3, 0.4) is 0 Å². The Morgan fingerprint density at radius 3 is 2.90 bits per heavy atom. The summed E-state index contributed by atoms with van der Waals surface area (Å²) in [5.74, 6) is 0.994. The quantitative estimate of drug-likeness (QED) is 0.737. The van der Waals surface area contributed by atoms with Gasteiger partial charge in [0.2, 0.25) is 0 Å². The second-order valence-corrected chi connectivity index (χ2v) is 5.07. The third-order valence-electron chi connectivity index (χ3n) is 3.25. The largest absolute Gasteiger partial charge is 0.328 e. The molecule has 2 heterocycles. The number of nitrogens with zero attached hydrogens (tertiary/aromatic N) is 4. The van der Waals surface area contributed by atoms with Gasteiger partial charge in [-0.1, -0.05) is 30.7 Å². The van der Waals surface area contributed by atoms with E-state index in [1.165, 1.54) is 6.33 Å². The summed E-state index contributed by atoms with van der Waals surface area (Å²) < 4.78 is 2.24. The topological polar surface area (TPSA) is 43.6 Å². The Labute approximate surface area is 122 Å². The Morgan fingerprint density at radius 1 is 1.25 bits per heavy atom. The number of hydrogen-bond acceptors (Lipinski definition) is 3. The summed E-state index contributed by atoms with van der Waals surface area (Å²) in [6.45, 7) is 3.11. The second-order valence-electron chi connectivity index (χ2n) is 4.66. The number of hydrogen-bond donors (Lipinski definition) is 0. The maximum Gasteiger partial charge on any atom is 0.115 e. The third kappa shape index (κ3) is 2.39. The Morgan fingerprint density at radius 2 is 2.10 bits per heavy atom. The van der Waals surface area contributed by atoms with Crippen molar-refractivity contribution >= 4 is 22.6 Å². The summed E-state index contributed by atoms with van der Waals surface area (Å²) in [5, 5.41) is 0.586. The fourth-order valence-electron chi connectivity index (χ4n) is 2.35. The number of fused-ring (bicyclic) bond motifs is 1. The van der Waals surface area contributed by atoms with Gasteiger partial charge in [-0.2, -0.15) is 0 Å². The smallest absolute Gasteiger partial charge is 0.115 e. The van der Waals surface area contributed by atoms with Crippen molar-refractivity contribution in [2.45, 2.75) is 26.3 Å². The zero-order valence-corrected chi connectivity index (χ0v) is 12.0. The lowest BCUT2D eigenvalue weighted by Gasteiger charge is -2.08. The van der Waals surface area contributed by atoms with Crippen molar-refractivity contribution in [3.63, 3.8) is 0 Å². The molecule has 4 nitrogen and oxygen atoms in total. The van der Waals surface area contributed by atoms with E-state index in [4.69, 9.17) is 16.6 Å². The van der Waals surface area contributed by atoms with Gasteiger partial charge in [0.15, 0.2) is 0 Å². The molecule has 20 heavy (non-hydrogen) atoms. The predicted molar refractivity (Wildman–Crippen MR) is 79.9 cm³/mol. The van der Waals surface area contributed by atoms with Crippen LogP contribution in [-0.4, -0.2) is 19.5 Å². The van der Waals surface area contributed by atoms with E-state index in [1.54, 1.807) is 6.20 Å². The van der Waals surface area contributed by atoms with Gasteiger partial charge in [-0.25, -0.2) is 15.0 Å². The Bertz CT molecular complexity index is 736. The predicted octanol–water partition coefficient (Wildman–Crippen LogP) is 3.48. The lowest BCUT2D eigenvalue weighted by molar-refractivity contribution is 0.661. The van der Waals surface area contributed by atoms with Gasteiger partial charge in [0, 0.05) is 19.2 Å². The Balaban J connectivity index is 2.06. The van der Waals surface area contributed by atoms with Gasteiger partial charge in [0.1, 0.15) is 12.2 Å². The summed E-state index contributed by atoms with van der Waals surface area (Å²) >= 11 is 6.14. The fourth-order valence-corrected chi connectivity index (χ4v) is 2.52. The van der Waals surface area contributed by atoms with E-state index in [1.807, 2.05) is 18.2 Å². The molecule has 0 aliphatic rings. The summed E-state index contributed by atoms with van der Waals surface area (Å²) in [5.41, 5.74) is 2.99. The zero-order valence-electron chi connectivity index (χ0n) is 11.3. The molecule has 0 saturated carbocycles. The minimum Gasteiger partial charge on any atom is -0.328 e. The van der Waals surface area contributed by atoms with E-state index in [0.717, 1.165) is 35.5 Å². The average Bonchev–Trinajstić information content (AvgIpc) is 2.80. The molecule has 0 atom stereocenters. The highest BCUT2D eigenvalue weighted by Crippen LogP contribution is 2.20. The monoisotopic (exact) mass is 286 g/mol. The van der Waals surface area contributed by atoms with Crippen LogP contribution in [-0.2, 0) is 13.0 Å². The van der Waals surface area contributed by atoms with E-state index in [2.05, 4.69) is 27.5 Å². The SMILES string of the molecule is CCCn1c(Cc2ncncc2Cl)nc2ccccc21. The van der Waals surface area contributed by atoms with Crippen LogP contribution in [0.4, 0.5) is 0 Å². The van der Waals surface area contributed by atoms with E-state index < -0.39 is 0 Å². The molecule has 102 valence electrons. The van der Waals surface area contributed by atoms with Gasteiger partial charge < -0.3 is 4.57 Å². The van der Waals surface area contributed by atoms with Gasteiger partial charge in [0.25, 0.3) is 0 Å². The molecule has 0 unspecified atom stereocenters. The maximum absolute atomic E-state index is 6.14. The summed E-state index contributed by atoms with van der Waals surface area (Å²) in [4.78, 5) is 12.9. The van der Waals surface area contributed by atoms with Crippen LogP contribution in [0, 0.1) is 0 Å². The van der Waals surface area contributed by atoms with E-state index in [0.29, 0.717) is 11.4 Å². The molecule has 0 saturated heterocycles. The maximum atomic E-state index is 6.14. The molecule has 1 aromatic carbocycles. The number of imidazole rings is 1. The molecule has 0 spiro atoms. The van der Waals surface area contributed by atoms with E-state index >= 15 is 0 Å². The molecule has 0 radical (unpaired) electrons. The van der Waals surface area contributed by atoms with Crippen LogP contribution in [0.25, 0.3) is 11.0 Å². The van der Waals surface area contributed by atoms with Crippen LogP contribution in [0.5, 0.6) is 0 Å². The standard InChI is InChI=1S/C15H15ClN4/c1-2-7-20-14-6-4-3-5-12(14)19-15(20)8-13-11(16)9-17-10-18-13/h3-6,9-10H,2,7-8H2,1H3. The van der Waals surface area contributed by atoms with E-state index in [-0.39, 0.29) is 0 Å². The number of halogens is 1. The Kier molecular flexibility index (Phi) is 3.65. The Hall–Kier alpha value is -1.94. The number of benzene rings is 1. The third-order valence-corrected chi connectivity index (χ3v) is 3.57. The molecule has 0 aliphatic heterocycles. The number of rotatable bonds is 4. The van der Waals surface area contributed by atoms with Crippen LogP contribution < -0.4 is 0 Å². The van der Waals surface area contributed by atoms with Gasteiger partial charge >= 0.3 is 0 Å². The fraction of sp³-hybridized carbons (Fsp3) is 0.267. The molecule has 3 aromatic rings. The number of aromatic nitrogens is 4. The minimum absolute atomic E-state index is 0.586. The summed E-state index contributed by atoms with van der Waals surface area (Å²) in [7, 11) is 0. The van der Waals surface area contributed by atoms with Crippen LogP contribution >= 0.6 is 11.6 Å². The van der Waals surface area contributed by atoms with Gasteiger partial charge in [0.05, 0.1) is 21.7 Å². The van der Waals surface area contributed by atoms with E-state index in [9.17, 15) is 0 Å². The molecule has 0 bridgehead atoms. The molecule has 0 N–H and O–H groups in total. The molecule has 0 fully saturated rings. The molecule has 5 heteroatoms. The van der Waals surface area contributed by atoms with Crippen molar-refractivity contribution in [2.75, 3.05) is 0 Å². The van der Waals surface area contributed by atoms with Crippen molar-refractivity contribution in [3.8, 4) is 0 Å². The highest BCUT2D eigenvalue weighted by molar-refractivity contribution is 6.31. The van der Waals surface area contributed by atoms with Crippen molar-refractivity contribution in [1.29, 1.82) is 0 Å². The number of para-hydroxylation sites is 2. The molecule has 3 rings (SSSR count). The lowest BCUT2D eigenvalue weighted by Crippen LogP contribution is -2.05. The van der Waals surface area contributed by atoms with Gasteiger partial charge in [-0.15, -0.1) is 0 Å². The first kappa shape index (κ1) is 13.1. The van der Waals surface area contributed by atoms with Crippen molar-refractivity contribution in [2.24, 2.45) is 0 Å². The average molecular weight is 287 g/mol. The molecule has 2 aromatic heterocycles. The molecule has 0 amide bonds. The molecular formula is C15H15ClN4. The van der Waals surface area contributed by atoms with Crippen molar-refractivity contribution < 1.29 is 0 Å². The first-order valence-electron chi connectivity index (χ1n) is 6.68. The van der Waals surface area contributed by atoms with Crippen LogP contribution in [0.2, 0.25) is 5.02 Å². The summed E-state index contributed by atoms with van der Waals surface area (Å²) in [6, 6.07) is 8.18. The number of aryl methyl sites for hydroxylation is 1. The van der Waals surface area contributed by atoms with Crippen molar-refractivity contribution in [1.82, 2.24) is 19.5 Å².